The van der Waals surface area contributed by atoms with Crippen molar-refractivity contribution >= 4 is 5.97 Å². The fourth-order valence-electron chi connectivity index (χ4n) is 1.73. The fraction of sp³-hybridized carbons (Fsp3) is 0.200. The first-order valence-corrected chi connectivity index (χ1v) is 6.17. The molecule has 0 unspecified atom stereocenters. The standard InChI is InChI=1S/C15H15NO4/c1-3-10-4-5-13(14(6-10)19-2)20-12-7-11(15(17)18)8-16-9-12/h4-9H,3H2,1-2H3,(H,17,18). The van der Waals surface area contributed by atoms with Crippen molar-refractivity contribution < 1.29 is 19.4 Å². The second-order valence-corrected chi connectivity index (χ2v) is 4.16. The van der Waals surface area contributed by atoms with Gasteiger partial charge in [-0.05, 0) is 30.2 Å². The summed E-state index contributed by atoms with van der Waals surface area (Å²) in [6.45, 7) is 2.05. The zero-order chi connectivity index (χ0) is 14.5. The van der Waals surface area contributed by atoms with Gasteiger partial charge in [0.25, 0.3) is 0 Å². The summed E-state index contributed by atoms with van der Waals surface area (Å²) in [5.74, 6) is 0.433. The van der Waals surface area contributed by atoms with Crippen molar-refractivity contribution in [3.63, 3.8) is 0 Å². The Kier molecular flexibility index (Phi) is 4.20. The molecular weight excluding hydrogens is 258 g/mol. The molecule has 5 nitrogen and oxygen atoms in total. The molecule has 1 aromatic heterocycles. The number of rotatable bonds is 5. The molecule has 0 aliphatic carbocycles. The topological polar surface area (TPSA) is 68.7 Å². The van der Waals surface area contributed by atoms with Gasteiger partial charge in [0.15, 0.2) is 11.5 Å². The number of carbonyl (C=O) groups is 1. The maximum Gasteiger partial charge on any atom is 0.337 e. The Morgan fingerprint density at radius 3 is 2.70 bits per heavy atom. The summed E-state index contributed by atoms with van der Waals surface area (Å²) in [4.78, 5) is 14.7. The monoisotopic (exact) mass is 273 g/mol. The molecular formula is C15H15NO4. The third-order valence-corrected chi connectivity index (χ3v) is 2.82. The van der Waals surface area contributed by atoms with Gasteiger partial charge in [-0.3, -0.25) is 4.98 Å². The van der Waals surface area contributed by atoms with Gasteiger partial charge in [-0.2, -0.15) is 0 Å². The maximum absolute atomic E-state index is 10.9. The molecule has 0 aliphatic heterocycles. The summed E-state index contributed by atoms with van der Waals surface area (Å²) in [5.41, 5.74) is 1.21. The lowest BCUT2D eigenvalue weighted by atomic mass is 10.1. The molecule has 1 aromatic carbocycles. The summed E-state index contributed by atoms with van der Waals surface area (Å²) < 4.78 is 10.9. The average Bonchev–Trinajstić information content (AvgIpc) is 2.48. The quantitative estimate of drug-likeness (QED) is 0.906. The summed E-state index contributed by atoms with van der Waals surface area (Å²) in [6, 6.07) is 7.05. The Balaban J connectivity index is 2.29. The van der Waals surface area contributed by atoms with Crippen LogP contribution in [-0.2, 0) is 6.42 Å². The van der Waals surface area contributed by atoms with E-state index in [-0.39, 0.29) is 5.56 Å². The molecule has 0 fully saturated rings. The predicted octanol–water partition coefficient (Wildman–Crippen LogP) is 3.14. The van der Waals surface area contributed by atoms with Crippen LogP contribution in [0, 0.1) is 0 Å². The molecule has 1 N–H and O–H groups in total. The highest BCUT2D eigenvalue weighted by atomic mass is 16.5. The van der Waals surface area contributed by atoms with Crippen LogP contribution in [0.2, 0.25) is 0 Å². The van der Waals surface area contributed by atoms with Gasteiger partial charge < -0.3 is 14.6 Å². The van der Waals surface area contributed by atoms with Crippen molar-refractivity contribution in [3.05, 3.63) is 47.8 Å². The molecule has 0 atom stereocenters. The second kappa shape index (κ2) is 6.06. The lowest BCUT2D eigenvalue weighted by Crippen LogP contribution is -1.98. The highest BCUT2D eigenvalue weighted by Gasteiger charge is 2.09. The van der Waals surface area contributed by atoms with E-state index in [1.165, 1.54) is 18.5 Å². The Morgan fingerprint density at radius 1 is 1.25 bits per heavy atom. The number of aromatic nitrogens is 1. The third kappa shape index (κ3) is 3.06. The first-order valence-electron chi connectivity index (χ1n) is 6.17. The highest BCUT2D eigenvalue weighted by molar-refractivity contribution is 5.87. The Hall–Kier alpha value is -2.56. The number of ether oxygens (including phenoxy) is 2. The number of hydrogen-bond donors (Lipinski definition) is 1. The van der Waals surface area contributed by atoms with Crippen molar-refractivity contribution in [2.45, 2.75) is 13.3 Å². The van der Waals surface area contributed by atoms with E-state index in [0.717, 1.165) is 12.0 Å². The van der Waals surface area contributed by atoms with Crippen LogP contribution in [0.3, 0.4) is 0 Å². The van der Waals surface area contributed by atoms with E-state index in [1.54, 1.807) is 13.2 Å². The van der Waals surface area contributed by atoms with Gasteiger partial charge in [0.05, 0.1) is 18.9 Å². The average molecular weight is 273 g/mol. The maximum atomic E-state index is 10.9. The molecule has 0 bridgehead atoms. The SMILES string of the molecule is CCc1ccc(Oc2cncc(C(=O)O)c2)c(OC)c1. The minimum absolute atomic E-state index is 0.0756. The van der Waals surface area contributed by atoms with Crippen molar-refractivity contribution in [3.8, 4) is 17.2 Å². The summed E-state index contributed by atoms with van der Waals surface area (Å²) in [5, 5.41) is 8.92. The molecule has 2 aromatic rings. The predicted molar refractivity (Wildman–Crippen MR) is 73.6 cm³/mol. The van der Waals surface area contributed by atoms with E-state index in [1.807, 2.05) is 12.1 Å². The van der Waals surface area contributed by atoms with Crippen LogP contribution < -0.4 is 9.47 Å². The van der Waals surface area contributed by atoms with Gasteiger partial charge in [0.1, 0.15) is 5.75 Å². The molecule has 0 saturated heterocycles. The molecule has 20 heavy (non-hydrogen) atoms. The molecule has 0 aliphatic rings. The third-order valence-electron chi connectivity index (χ3n) is 2.82. The lowest BCUT2D eigenvalue weighted by molar-refractivity contribution is 0.0696. The molecule has 0 radical (unpaired) electrons. The van der Waals surface area contributed by atoms with Crippen LogP contribution in [0.5, 0.6) is 17.2 Å². The van der Waals surface area contributed by atoms with E-state index in [4.69, 9.17) is 14.6 Å². The lowest BCUT2D eigenvalue weighted by Gasteiger charge is -2.11. The van der Waals surface area contributed by atoms with Crippen molar-refractivity contribution in [1.29, 1.82) is 0 Å². The van der Waals surface area contributed by atoms with Gasteiger partial charge in [0.2, 0.25) is 0 Å². The number of aryl methyl sites for hydroxylation is 1. The van der Waals surface area contributed by atoms with Gasteiger partial charge in [-0.15, -0.1) is 0 Å². The number of aromatic carboxylic acids is 1. The van der Waals surface area contributed by atoms with E-state index < -0.39 is 5.97 Å². The van der Waals surface area contributed by atoms with Crippen LogP contribution in [-0.4, -0.2) is 23.2 Å². The minimum Gasteiger partial charge on any atom is -0.493 e. The number of pyridine rings is 1. The van der Waals surface area contributed by atoms with Gasteiger partial charge >= 0.3 is 5.97 Å². The Morgan fingerprint density at radius 2 is 2.05 bits per heavy atom. The van der Waals surface area contributed by atoms with Crippen LogP contribution in [0.1, 0.15) is 22.8 Å². The van der Waals surface area contributed by atoms with E-state index in [2.05, 4.69) is 11.9 Å². The second-order valence-electron chi connectivity index (χ2n) is 4.16. The largest absolute Gasteiger partial charge is 0.493 e. The number of carboxylic acid groups (broad SMARTS) is 1. The number of methoxy groups -OCH3 is 1. The number of hydrogen-bond acceptors (Lipinski definition) is 4. The summed E-state index contributed by atoms with van der Waals surface area (Å²) in [7, 11) is 1.56. The van der Waals surface area contributed by atoms with Crippen LogP contribution in [0.15, 0.2) is 36.7 Å². The number of carboxylic acids is 1. The van der Waals surface area contributed by atoms with Crippen molar-refractivity contribution in [1.82, 2.24) is 4.98 Å². The summed E-state index contributed by atoms with van der Waals surface area (Å²) in [6.07, 6.45) is 3.62. The van der Waals surface area contributed by atoms with Crippen LogP contribution in [0.25, 0.3) is 0 Å². The van der Waals surface area contributed by atoms with E-state index >= 15 is 0 Å². The van der Waals surface area contributed by atoms with E-state index in [9.17, 15) is 4.79 Å². The zero-order valence-corrected chi connectivity index (χ0v) is 11.3. The van der Waals surface area contributed by atoms with Crippen LogP contribution >= 0.6 is 0 Å². The normalized spacial score (nSPS) is 10.1. The Bertz CT molecular complexity index is 625. The van der Waals surface area contributed by atoms with Crippen LogP contribution in [0.4, 0.5) is 0 Å². The van der Waals surface area contributed by atoms with Crippen molar-refractivity contribution in [2.24, 2.45) is 0 Å². The van der Waals surface area contributed by atoms with E-state index in [0.29, 0.717) is 17.2 Å². The van der Waals surface area contributed by atoms with Gasteiger partial charge in [-0.25, -0.2) is 4.79 Å². The smallest absolute Gasteiger partial charge is 0.337 e. The van der Waals surface area contributed by atoms with Crippen molar-refractivity contribution in [2.75, 3.05) is 7.11 Å². The molecule has 0 saturated carbocycles. The fourth-order valence-corrected chi connectivity index (χ4v) is 1.73. The molecule has 0 amide bonds. The zero-order valence-electron chi connectivity index (χ0n) is 11.3. The van der Waals surface area contributed by atoms with Gasteiger partial charge in [-0.1, -0.05) is 13.0 Å². The molecule has 104 valence electrons. The number of benzene rings is 1. The molecule has 1 heterocycles. The minimum atomic E-state index is -1.05. The molecule has 5 heteroatoms. The first kappa shape index (κ1) is 13.9. The Labute approximate surface area is 116 Å². The number of nitrogens with zero attached hydrogens (tertiary/aromatic N) is 1. The molecule has 0 spiro atoms. The molecule has 2 rings (SSSR count). The van der Waals surface area contributed by atoms with Gasteiger partial charge in [0, 0.05) is 6.20 Å². The summed E-state index contributed by atoms with van der Waals surface area (Å²) >= 11 is 0. The highest BCUT2D eigenvalue weighted by Crippen LogP contribution is 2.32. The first-order chi connectivity index (χ1) is 9.63.